The molecule has 1 fully saturated rings. The van der Waals surface area contributed by atoms with Crippen LogP contribution in [0.5, 0.6) is 0 Å². The molecular weight excluding hydrogens is 214 g/mol. The molecule has 0 radical (unpaired) electrons. The van der Waals surface area contributed by atoms with Gasteiger partial charge in [-0.15, -0.1) is 0 Å². The van der Waals surface area contributed by atoms with Crippen LogP contribution in [0.25, 0.3) is 10.9 Å². The third-order valence-electron chi connectivity index (χ3n) is 3.51. The monoisotopic (exact) mass is 231 g/mol. The highest BCUT2D eigenvalue weighted by Crippen LogP contribution is 2.22. The smallest absolute Gasteiger partial charge is 0.0651 e. The van der Waals surface area contributed by atoms with Crippen LogP contribution in [0.4, 0.5) is 5.69 Å². The molecule has 1 saturated heterocycles. The minimum atomic E-state index is 0.446. The van der Waals surface area contributed by atoms with Gasteiger partial charge in [0.15, 0.2) is 0 Å². The number of aromatic nitrogens is 2. The molecule has 3 rings (SSSR count). The van der Waals surface area contributed by atoms with Gasteiger partial charge in [0, 0.05) is 29.6 Å². The number of benzene rings is 1. The van der Waals surface area contributed by atoms with Crippen LogP contribution in [-0.2, 0) is 4.74 Å². The largest absolute Gasteiger partial charge is 0.382 e. The molecule has 1 aromatic carbocycles. The zero-order valence-electron chi connectivity index (χ0n) is 9.94. The van der Waals surface area contributed by atoms with E-state index in [0.717, 1.165) is 36.2 Å². The second-order valence-electron chi connectivity index (χ2n) is 4.73. The van der Waals surface area contributed by atoms with Gasteiger partial charge in [0.1, 0.15) is 0 Å². The molecule has 0 spiro atoms. The lowest BCUT2D eigenvalue weighted by molar-refractivity contribution is 0.183. The molecule has 90 valence electrons. The Balaban J connectivity index is 1.74. The van der Waals surface area contributed by atoms with Gasteiger partial charge in [-0.2, -0.15) is 5.10 Å². The Morgan fingerprint density at radius 1 is 1.53 bits per heavy atom. The first-order valence-electron chi connectivity index (χ1n) is 6.10. The van der Waals surface area contributed by atoms with E-state index in [1.54, 1.807) is 0 Å². The van der Waals surface area contributed by atoms with Crippen molar-refractivity contribution in [1.29, 1.82) is 0 Å². The summed E-state index contributed by atoms with van der Waals surface area (Å²) in [5.74, 6) is 0.620. The quantitative estimate of drug-likeness (QED) is 0.852. The predicted octanol–water partition coefficient (Wildman–Crippen LogP) is 2.40. The molecule has 2 heterocycles. The maximum absolute atomic E-state index is 5.42. The summed E-state index contributed by atoms with van der Waals surface area (Å²) < 4.78 is 5.42. The molecule has 1 aliphatic heterocycles. The van der Waals surface area contributed by atoms with Gasteiger partial charge >= 0.3 is 0 Å². The van der Waals surface area contributed by atoms with E-state index in [4.69, 9.17) is 4.74 Å². The highest BCUT2D eigenvalue weighted by Gasteiger charge is 2.21. The molecule has 2 unspecified atom stereocenters. The Morgan fingerprint density at radius 3 is 3.29 bits per heavy atom. The minimum Gasteiger partial charge on any atom is -0.382 e. The molecule has 1 aliphatic rings. The number of anilines is 1. The summed E-state index contributed by atoms with van der Waals surface area (Å²) in [5.41, 5.74) is 2.23. The standard InChI is InChI=1S/C13H17N3O/c1-9(10-4-5-17-8-10)15-12-2-3-13-11(6-12)7-14-16-13/h2-3,6-7,9-10,15H,4-5,8H2,1H3,(H,14,16). The molecule has 1 aromatic heterocycles. The first-order valence-corrected chi connectivity index (χ1v) is 6.10. The van der Waals surface area contributed by atoms with Gasteiger partial charge in [0.05, 0.1) is 18.3 Å². The van der Waals surface area contributed by atoms with Crippen molar-refractivity contribution in [3.8, 4) is 0 Å². The SMILES string of the molecule is CC(Nc1ccc2[nH]ncc2c1)C1CCOC1. The number of ether oxygens (including phenoxy) is 1. The van der Waals surface area contributed by atoms with Gasteiger partial charge in [-0.25, -0.2) is 0 Å². The average molecular weight is 231 g/mol. The van der Waals surface area contributed by atoms with Crippen molar-refractivity contribution in [3.63, 3.8) is 0 Å². The molecule has 2 aromatic rings. The Morgan fingerprint density at radius 2 is 2.47 bits per heavy atom. The van der Waals surface area contributed by atoms with Gasteiger partial charge in [0.25, 0.3) is 0 Å². The molecule has 0 bridgehead atoms. The van der Waals surface area contributed by atoms with Gasteiger partial charge < -0.3 is 10.1 Å². The van der Waals surface area contributed by atoms with Crippen LogP contribution in [-0.4, -0.2) is 29.5 Å². The van der Waals surface area contributed by atoms with E-state index in [9.17, 15) is 0 Å². The number of rotatable bonds is 3. The third-order valence-corrected chi connectivity index (χ3v) is 3.51. The van der Waals surface area contributed by atoms with E-state index in [-0.39, 0.29) is 0 Å². The summed E-state index contributed by atoms with van der Waals surface area (Å²) in [6.45, 7) is 4.00. The van der Waals surface area contributed by atoms with Crippen molar-refractivity contribution in [1.82, 2.24) is 10.2 Å². The summed E-state index contributed by atoms with van der Waals surface area (Å²) in [6, 6.07) is 6.72. The van der Waals surface area contributed by atoms with Gasteiger partial charge in [-0.1, -0.05) is 0 Å². The first kappa shape index (κ1) is 10.6. The van der Waals surface area contributed by atoms with Crippen LogP contribution < -0.4 is 5.32 Å². The van der Waals surface area contributed by atoms with Crippen molar-refractivity contribution in [2.75, 3.05) is 18.5 Å². The molecule has 4 heteroatoms. The fourth-order valence-electron chi connectivity index (χ4n) is 2.36. The average Bonchev–Trinajstić information content (AvgIpc) is 2.99. The number of H-pyrrole nitrogens is 1. The van der Waals surface area contributed by atoms with Crippen LogP contribution in [0.15, 0.2) is 24.4 Å². The van der Waals surface area contributed by atoms with E-state index in [1.165, 1.54) is 0 Å². The number of hydrogen-bond acceptors (Lipinski definition) is 3. The van der Waals surface area contributed by atoms with Crippen molar-refractivity contribution in [3.05, 3.63) is 24.4 Å². The molecule has 0 aliphatic carbocycles. The second kappa shape index (κ2) is 4.37. The van der Waals surface area contributed by atoms with E-state index in [0.29, 0.717) is 12.0 Å². The topological polar surface area (TPSA) is 49.9 Å². The Hall–Kier alpha value is -1.55. The number of fused-ring (bicyclic) bond motifs is 1. The summed E-state index contributed by atoms with van der Waals surface area (Å²) in [4.78, 5) is 0. The normalized spacial score (nSPS) is 21.8. The van der Waals surface area contributed by atoms with Crippen molar-refractivity contribution >= 4 is 16.6 Å². The highest BCUT2D eigenvalue weighted by molar-refractivity contribution is 5.81. The highest BCUT2D eigenvalue weighted by atomic mass is 16.5. The minimum absolute atomic E-state index is 0.446. The molecule has 2 N–H and O–H groups in total. The third kappa shape index (κ3) is 2.13. The summed E-state index contributed by atoms with van der Waals surface area (Å²) in [5, 5.41) is 11.7. The van der Waals surface area contributed by atoms with Crippen LogP contribution in [0, 0.1) is 5.92 Å². The van der Waals surface area contributed by atoms with E-state index in [2.05, 4.69) is 40.6 Å². The molecule has 2 atom stereocenters. The molecular formula is C13H17N3O. The van der Waals surface area contributed by atoms with E-state index in [1.807, 2.05) is 6.20 Å². The molecule has 0 saturated carbocycles. The lowest BCUT2D eigenvalue weighted by atomic mass is 10.0. The fourth-order valence-corrected chi connectivity index (χ4v) is 2.36. The molecule has 17 heavy (non-hydrogen) atoms. The van der Waals surface area contributed by atoms with Crippen LogP contribution in [0.1, 0.15) is 13.3 Å². The number of nitrogens with zero attached hydrogens (tertiary/aromatic N) is 1. The Labute approximate surface area is 100 Å². The summed E-state index contributed by atoms with van der Waals surface area (Å²) in [7, 11) is 0. The maximum Gasteiger partial charge on any atom is 0.0651 e. The summed E-state index contributed by atoms with van der Waals surface area (Å²) >= 11 is 0. The number of nitrogens with one attached hydrogen (secondary N) is 2. The zero-order valence-corrected chi connectivity index (χ0v) is 9.94. The zero-order chi connectivity index (χ0) is 11.7. The van der Waals surface area contributed by atoms with Gasteiger partial charge in [-0.05, 0) is 31.5 Å². The summed E-state index contributed by atoms with van der Waals surface area (Å²) in [6.07, 6.45) is 3.01. The van der Waals surface area contributed by atoms with Gasteiger partial charge in [0.2, 0.25) is 0 Å². The van der Waals surface area contributed by atoms with E-state index >= 15 is 0 Å². The number of aromatic amines is 1. The van der Waals surface area contributed by atoms with Crippen molar-refractivity contribution in [2.24, 2.45) is 5.92 Å². The molecule has 0 amide bonds. The van der Waals surface area contributed by atoms with Crippen molar-refractivity contribution < 1.29 is 4.74 Å². The predicted molar refractivity (Wildman–Crippen MR) is 68.1 cm³/mol. The Bertz CT molecular complexity index is 502. The molecule has 4 nitrogen and oxygen atoms in total. The fraction of sp³-hybridized carbons (Fsp3) is 0.462. The van der Waals surface area contributed by atoms with Crippen molar-refractivity contribution in [2.45, 2.75) is 19.4 Å². The van der Waals surface area contributed by atoms with Gasteiger partial charge in [-0.3, -0.25) is 5.10 Å². The van der Waals surface area contributed by atoms with Crippen LogP contribution in [0.2, 0.25) is 0 Å². The maximum atomic E-state index is 5.42. The van der Waals surface area contributed by atoms with Crippen LogP contribution >= 0.6 is 0 Å². The Kier molecular flexibility index (Phi) is 2.73. The van der Waals surface area contributed by atoms with E-state index < -0.39 is 0 Å². The first-order chi connectivity index (χ1) is 8.33. The lowest BCUT2D eigenvalue weighted by Crippen LogP contribution is -2.25. The van der Waals surface area contributed by atoms with Crippen LogP contribution in [0.3, 0.4) is 0 Å². The lowest BCUT2D eigenvalue weighted by Gasteiger charge is -2.20. The number of hydrogen-bond donors (Lipinski definition) is 2. The second-order valence-corrected chi connectivity index (χ2v) is 4.73.